The van der Waals surface area contributed by atoms with Crippen LogP contribution in [-0.4, -0.2) is 5.78 Å². The minimum atomic E-state index is -0.238. The molecule has 0 bridgehead atoms. The van der Waals surface area contributed by atoms with E-state index in [-0.39, 0.29) is 5.78 Å². The highest BCUT2D eigenvalue weighted by molar-refractivity contribution is 7.17. The predicted octanol–water partition coefficient (Wildman–Crippen LogP) is 2.72. The monoisotopic (exact) mass is 186 g/mol. The Labute approximate surface area is 80.0 Å². The van der Waals surface area contributed by atoms with Crippen LogP contribution in [-0.2, 0) is 0 Å². The van der Waals surface area contributed by atoms with Crippen molar-refractivity contribution in [2.45, 2.75) is 0 Å². The molecule has 0 aliphatic carbocycles. The van der Waals surface area contributed by atoms with Gasteiger partial charge in [-0.1, -0.05) is 18.2 Å². The number of Topliss-reactive ketones (excluding diaryl/α,β-unsaturated/α-hetero) is 1. The van der Waals surface area contributed by atoms with Crippen molar-refractivity contribution < 1.29 is 4.79 Å². The van der Waals surface area contributed by atoms with Gasteiger partial charge in [-0.05, 0) is 12.0 Å². The van der Waals surface area contributed by atoms with Crippen molar-refractivity contribution in [1.29, 1.82) is 0 Å². The molecule has 2 aromatic rings. The molecule has 0 radical (unpaired) electrons. The van der Waals surface area contributed by atoms with Gasteiger partial charge >= 0.3 is 0 Å². The number of carbonyl (C=O) groups is 1. The Hall–Kier alpha value is -1.59. The standard InChI is InChI=1S/C11H6OS/c1-2-10(12)9-7-13-11-6-4-3-5-8(9)11/h1,3-7H. The Bertz CT molecular complexity index is 502. The maximum absolute atomic E-state index is 11.3. The fraction of sp³-hybridized carbons (Fsp3) is 0. The summed E-state index contributed by atoms with van der Waals surface area (Å²) in [6.45, 7) is 0. The zero-order valence-corrected chi connectivity index (χ0v) is 7.60. The quantitative estimate of drug-likeness (QED) is 0.380. The van der Waals surface area contributed by atoms with Crippen LogP contribution in [0, 0.1) is 12.3 Å². The summed E-state index contributed by atoms with van der Waals surface area (Å²) in [6, 6.07) is 7.75. The van der Waals surface area contributed by atoms with Gasteiger partial charge < -0.3 is 0 Å². The molecule has 13 heavy (non-hydrogen) atoms. The van der Waals surface area contributed by atoms with Crippen LogP contribution in [0.1, 0.15) is 10.4 Å². The Morgan fingerprint density at radius 2 is 2.15 bits per heavy atom. The van der Waals surface area contributed by atoms with E-state index in [1.807, 2.05) is 29.6 Å². The lowest BCUT2D eigenvalue weighted by molar-refractivity contribution is 0.105. The van der Waals surface area contributed by atoms with Gasteiger partial charge in [-0.15, -0.1) is 17.8 Å². The van der Waals surface area contributed by atoms with Crippen molar-refractivity contribution >= 4 is 27.2 Å². The van der Waals surface area contributed by atoms with Crippen molar-refractivity contribution in [3.63, 3.8) is 0 Å². The zero-order valence-electron chi connectivity index (χ0n) is 6.78. The van der Waals surface area contributed by atoms with E-state index in [0.29, 0.717) is 5.56 Å². The molecule has 0 saturated heterocycles. The van der Waals surface area contributed by atoms with Crippen molar-refractivity contribution in [1.82, 2.24) is 0 Å². The summed E-state index contributed by atoms with van der Waals surface area (Å²) >= 11 is 1.54. The van der Waals surface area contributed by atoms with Gasteiger partial charge in [-0.25, -0.2) is 0 Å². The highest BCUT2D eigenvalue weighted by atomic mass is 32.1. The molecule has 0 atom stereocenters. The number of thiophene rings is 1. The van der Waals surface area contributed by atoms with Crippen LogP contribution in [0.5, 0.6) is 0 Å². The Kier molecular flexibility index (Phi) is 1.88. The van der Waals surface area contributed by atoms with Crippen LogP contribution in [0.15, 0.2) is 29.6 Å². The summed E-state index contributed by atoms with van der Waals surface area (Å²) in [4.78, 5) is 11.3. The molecule has 0 amide bonds. The smallest absolute Gasteiger partial charge is 0.237 e. The summed E-state index contributed by atoms with van der Waals surface area (Å²) in [7, 11) is 0. The number of hydrogen-bond acceptors (Lipinski definition) is 2. The normalized spacial score (nSPS) is 9.77. The van der Waals surface area contributed by atoms with Gasteiger partial charge in [0, 0.05) is 21.0 Å². The second kappa shape index (κ2) is 3.04. The molecule has 0 spiro atoms. The molecule has 1 aromatic carbocycles. The Morgan fingerprint density at radius 3 is 2.92 bits per heavy atom. The number of benzene rings is 1. The van der Waals surface area contributed by atoms with Gasteiger partial charge in [0.2, 0.25) is 5.78 Å². The van der Waals surface area contributed by atoms with E-state index in [0.717, 1.165) is 10.1 Å². The van der Waals surface area contributed by atoms with Gasteiger partial charge in [-0.3, -0.25) is 4.79 Å². The number of ketones is 1. The van der Waals surface area contributed by atoms with Gasteiger partial charge in [0.25, 0.3) is 0 Å². The van der Waals surface area contributed by atoms with E-state index >= 15 is 0 Å². The number of carbonyl (C=O) groups excluding carboxylic acids is 1. The summed E-state index contributed by atoms with van der Waals surface area (Å²) in [6.07, 6.45) is 5.06. The molecule has 2 rings (SSSR count). The largest absolute Gasteiger partial charge is 0.279 e. The first kappa shape index (κ1) is 8.03. The molecule has 0 unspecified atom stereocenters. The van der Waals surface area contributed by atoms with E-state index < -0.39 is 0 Å². The van der Waals surface area contributed by atoms with Crippen LogP contribution in [0.3, 0.4) is 0 Å². The van der Waals surface area contributed by atoms with Crippen LogP contribution in [0.4, 0.5) is 0 Å². The maximum Gasteiger partial charge on any atom is 0.237 e. The van der Waals surface area contributed by atoms with Crippen LogP contribution >= 0.6 is 11.3 Å². The van der Waals surface area contributed by atoms with Gasteiger partial charge in [0.15, 0.2) is 0 Å². The molecule has 0 fully saturated rings. The summed E-state index contributed by atoms with van der Waals surface area (Å²) in [5, 5.41) is 2.77. The van der Waals surface area contributed by atoms with E-state index in [4.69, 9.17) is 6.42 Å². The fourth-order valence-corrected chi connectivity index (χ4v) is 2.17. The maximum atomic E-state index is 11.3. The number of hydrogen-bond donors (Lipinski definition) is 0. The third kappa shape index (κ3) is 1.24. The lowest BCUT2D eigenvalue weighted by Crippen LogP contribution is -1.91. The van der Waals surface area contributed by atoms with Crippen molar-refractivity contribution in [2.75, 3.05) is 0 Å². The van der Waals surface area contributed by atoms with Crippen molar-refractivity contribution in [3.8, 4) is 12.3 Å². The highest BCUT2D eigenvalue weighted by Crippen LogP contribution is 2.25. The molecule has 1 heterocycles. The second-order valence-electron chi connectivity index (χ2n) is 2.62. The molecule has 1 aromatic heterocycles. The summed E-state index contributed by atoms with van der Waals surface area (Å²) in [5.41, 5.74) is 0.642. The van der Waals surface area contributed by atoms with Gasteiger partial charge in [0.1, 0.15) is 0 Å². The number of fused-ring (bicyclic) bond motifs is 1. The van der Waals surface area contributed by atoms with E-state index in [1.165, 1.54) is 0 Å². The predicted molar refractivity (Wildman–Crippen MR) is 55.0 cm³/mol. The van der Waals surface area contributed by atoms with Crippen LogP contribution in [0.25, 0.3) is 10.1 Å². The SMILES string of the molecule is C#CC(=O)c1csc2ccccc12. The molecule has 0 aliphatic rings. The molecular weight excluding hydrogens is 180 g/mol. The lowest BCUT2D eigenvalue weighted by atomic mass is 10.1. The zero-order chi connectivity index (χ0) is 9.26. The first-order chi connectivity index (χ1) is 6.33. The summed E-state index contributed by atoms with van der Waals surface area (Å²) < 4.78 is 1.10. The molecule has 0 N–H and O–H groups in total. The second-order valence-corrected chi connectivity index (χ2v) is 3.53. The summed E-state index contributed by atoms with van der Waals surface area (Å²) in [5.74, 6) is 1.89. The third-order valence-electron chi connectivity index (χ3n) is 1.86. The molecular formula is C11H6OS. The minimum absolute atomic E-state index is 0.238. The topological polar surface area (TPSA) is 17.1 Å². The third-order valence-corrected chi connectivity index (χ3v) is 2.82. The molecule has 2 heteroatoms. The fourth-order valence-electron chi connectivity index (χ4n) is 1.23. The van der Waals surface area contributed by atoms with E-state index in [1.54, 1.807) is 11.3 Å². The minimum Gasteiger partial charge on any atom is -0.279 e. The van der Waals surface area contributed by atoms with Crippen LogP contribution in [0.2, 0.25) is 0 Å². The highest BCUT2D eigenvalue weighted by Gasteiger charge is 2.08. The molecule has 0 saturated carbocycles. The van der Waals surface area contributed by atoms with Gasteiger partial charge in [0.05, 0.1) is 0 Å². The first-order valence-corrected chi connectivity index (χ1v) is 4.68. The van der Waals surface area contributed by atoms with Gasteiger partial charge in [-0.2, -0.15) is 0 Å². The average Bonchev–Trinajstić information content (AvgIpc) is 2.60. The number of rotatable bonds is 1. The van der Waals surface area contributed by atoms with E-state index in [2.05, 4.69) is 5.92 Å². The molecule has 1 nitrogen and oxygen atoms in total. The van der Waals surface area contributed by atoms with Crippen LogP contribution < -0.4 is 0 Å². The Balaban J connectivity index is 2.73. The van der Waals surface area contributed by atoms with Crippen molar-refractivity contribution in [2.24, 2.45) is 0 Å². The lowest BCUT2D eigenvalue weighted by Gasteiger charge is -1.90. The number of terminal acetylenes is 1. The van der Waals surface area contributed by atoms with Crippen molar-refractivity contribution in [3.05, 3.63) is 35.2 Å². The molecule has 62 valence electrons. The Morgan fingerprint density at radius 1 is 1.38 bits per heavy atom. The van der Waals surface area contributed by atoms with E-state index in [9.17, 15) is 4.79 Å². The first-order valence-electron chi connectivity index (χ1n) is 3.80. The average molecular weight is 186 g/mol. The molecule has 0 aliphatic heterocycles.